The summed E-state index contributed by atoms with van der Waals surface area (Å²) in [7, 11) is 0. The zero-order chi connectivity index (χ0) is 16.4. The molecule has 1 aliphatic carbocycles. The van der Waals surface area contributed by atoms with Crippen molar-refractivity contribution < 1.29 is 4.79 Å². The summed E-state index contributed by atoms with van der Waals surface area (Å²) in [5.41, 5.74) is 14.9. The minimum atomic E-state index is -0.580. The number of anilines is 2. The van der Waals surface area contributed by atoms with Crippen LogP contribution in [0.25, 0.3) is 0 Å². The Hall–Kier alpha value is -2.47. The maximum absolute atomic E-state index is 11.7. The Morgan fingerprint density at radius 1 is 1.35 bits per heavy atom. The average Bonchev–Trinajstić information content (AvgIpc) is 3.34. The van der Waals surface area contributed by atoms with Crippen LogP contribution in [-0.2, 0) is 6.42 Å². The van der Waals surface area contributed by atoms with E-state index in [9.17, 15) is 4.79 Å². The highest BCUT2D eigenvalue weighted by Gasteiger charge is 2.29. The summed E-state index contributed by atoms with van der Waals surface area (Å²) in [6.07, 6.45) is 3.04. The Morgan fingerprint density at radius 2 is 2.13 bits per heavy atom. The Bertz CT molecular complexity index is 740. The molecule has 1 amide bonds. The zero-order valence-electron chi connectivity index (χ0n) is 13.2. The van der Waals surface area contributed by atoms with Crippen LogP contribution >= 0.6 is 0 Å². The smallest absolute Gasteiger partial charge is 0.271 e. The fourth-order valence-corrected chi connectivity index (χ4v) is 2.64. The minimum absolute atomic E-state index is 0.177. The van der Waals surface area contributed by atoms with Gasteiger partial charge in [0.25, 0.3) is 5.91 Å². The summed E-state index contributed by atoms with van der Waals surface area (Å²) in [4.78, 5) is 20.7. The topological polar surface area (TPSA) is 107 Å². The molecule has 1 aliphatic rings. The van der Waals surface area contributed by atoms with E-state index in [-0.39, 0.29) is 5.69 Å². The van der Waals surface area contributed by atoms with Gasteiger partial charge in [-0.15, -0.1) is 0 Å². The van der Waals surface area contributed by atoms with Gasteiger partial charge in [0, 0.05) is 11.6 Å². The lowest BCUT2D eigenvalue weighted by Gasteiger charge is -2.13. The van der Waals surface area contributed by atoms with Crippen molar-refractivity contribution in [3.63, 3.8) is 0 Å². The van der Waals surface area contributed by atoms with E-state index in [1.54, 1.807) is 0 Å². The van der Waals surface area contributed by atoms with Crippen LogP contribution in [0.1, 0.15) is 46.2 Å². The fourth-order valence-electron chi connectivity index (χ4n) is 2.64. The van der Waals surface area contributed by atoms with Gasteiger partial charge >= 0.3 is 0 Å². The standard InChI is InChI=1S/C17H21N5O/c1-10-14(12-5-6-12)22-17(15(20-10)16(19)23)21-13-4-2-3-11(9-13)7-8-18/h2-4,9,12H,5-8,18H2,1H3,(H2,19,23)(H,21,22). The molecule has 1 saturated carbocycles. The number of hydrogen-bond donors (Lipinski definition) is 3. The molecular weight excluding hydrogens is 290 g/mol. The molecular formula is C17H21N5O. The molecule has 1 fully saturated rings. The van der Waals surface area contributed by atoms with E-state index in [1.807, 2.05) is 31.2 Å². The molecule has 6 heteroatoms. The van der Waals surface area contributed by atoms with Crippen molar-refractivity contribution in [3.8, 4) is 0 Å². The Labute approximate surface area is 135 Å². The number of carbonyl (C=O) groups excluding carboxylic acids is 1. The Kier molecular flexibility index (Phi) is 4.25. The molecule has 120 valence electrons. The lowest BCUT2D eigenvalue weighted by Crippen LogP contribution is -2.18. The minimum Gasteiger partial charge on any atom is -0.364 e. The van der Waals surface area contributed by atoms with Gasteiger partial charge in [0.15, 0.2) is 11.5 Å². The number of carbonyl (C=O) groups is 1. The maximum atomic E-state index is 11.7. The molecule has 0 unspecified atom stereocenters. The van der Waals surface area contributed by atoms with E-state index >= 15 is 0 Å². The lowest BCUT2D eigenvalue weighted by atomic mass is 10.1. The van der Waals surface area contributed by atoms with E-state index < -0.39 is 5.91 Å². The summed E-state index contributed by atoms with van der Waals surface area (Å²) in [6, 6.07) is 7.88. The van der Waals surface area contributed by atoms with Gasteiger partial charge in [0.05, 0.1) is 11.4 Å². The number of rotatable bonds is 6. The van der Waals surface area contributed by atoms with Gasteiger partial charge in [0.2, 0.25) is 0 Å². The summed E-state index contributed by atoms with van der Waals surface area (Å²) in [5.74, 6) is 0.298. The first kappa shape index (κ1) is 15.4. The molecule has 2 aromatic rings. The molecule has 1 aromatic carbocycles. The van der Waals surface area contributed by atoms with Gasteiger partial charge in [-0.2, -0.15) is 0 Å². The van der Waals surface area contributed by atoms with Crippen LogP contribution in [0.15, 0.2) is 24.3 Å². The molecule has 6 nitrogen and oxygen atoms in total. The number of nitrogens with zero attached hydrogens (tertiary/aromatic N) is 2. The second-order valence-corrected chi connectivity index (χ2v) is 5.89. The van der Waals surface area contributed by atoms with Crippen molar-refractivity contribution in [2.45, 2.75) is 32.1 Å². The van der Waals surface area contributed by atoms with Crippen molar-refractivity contribution in [1.82, 2.24) is 9.97 Å². The number of nitrogens with two attached hydrogens (primary N) is 2. The zero-order valence-corrected chi connectivity index (χ0v) is 13.2. The quantitative estimate of drug-likeness (QED) is 0.756. The third-order valence-corrected chi connectivity index (χ3v) is 3.93. The normalized spacial score (nSPS) is 13.8. The predicted octanol–water partition coefficient (Wildman–Crippen LogP) is 2.01. The lowest BCUT2D eigenvalue weighted by molar-refractivity contribution is 0.0996. The maximum Gasteiger partial charge on any atom is 0.271 e. The first-order valence-corrected chi connectivity index (χ1v) is 7.83. The number of nitrogens with one attached hydrogen (secondary N) is 1. The number of benzene rings is 1. The third-order valence-electron chi connectivity index (χ3n) is 3.93. The van der Waals surface area contributed by atoms with E-state index in [4.69, 9.17) is 11.5 Å². The third kappa shape index (κ3) is 3.48. The van der Waals surface area contributed by atoms with Crippen LogP contribution < -0.4 is 16.8 Å². The monoisotopic (exact) mass is 311 g/mol. The van der Waals surface area contributed by atoms with Gasteiger partial charge in [-0.25, -0.2) is 9.97 Å². The molecule has 0 atom stereocenters. The van der Waals surface area contributed by atoms with Gasteiger partial charge < -0.3 is 16.8 Å². The highest BCUT2D eigenvalue weighted by Crippen LogP contribution is 2.40. The first-order valence-electron chi connectivity index (χ1n) is 7.83. The Balaban J connectivity index is 1.95. The SMILES string of the molecule is Cc1nc(C(N)=O)c(Nc2cccc(CCN)c2)nc1C1CC1. The molecule has 1 heterocycles. The van der Waals surface area contributed by atoms with Crippen molar-refractivity contribution in [1.29, 1.82) is 0 Å². The summed E-state index contributed by atoms with van der Waals surface area (Å²) in [5, 5.41) is 3.19. The van der Waals surface area contributed by atoms with Crippen molar-refractivity contribution >= 4 is 17.4 Å². The molecule has 3 rings (SSSR count). The number of aromatic nitrogens is 2. The predicted molar refractivity (Wildman–Crippen MR) is 89.7 cm³/mol. The second kappa shape index (κ2) is 6.34. The van der Waals surface area contributed by atoms with Crippen LogP contribution in [0.4, 0.5) is 11.5 Å². The second-order valence-electron chi connectivity index (χ2n) is 5.89. The van der Waals surface area contributed by atoms with Crippen LogP contribution in [-0.4, -0.2) is 22.4 Å². The highest BCUT2D eigenvalue weighted by molar-refractivity contribution is 5.96. The first-order chi connectivity index (χ1) is 11.1. The van der Waals surface area contributed by atoms with E-state index in [1.165, 1.54) is 0 Å². The van der Waals surface area contributed by atoms with Crippen molar-refractivity contribution in [3.05, 3.63) is 46.9 Å². The molecule has 0 spiro atoms. The highest BCUT2D eigenvalue weighted by atomic mass is 16.1. The van der Waals surface area contributed by atoms with Gasteiger partial charge in [-0.05, 0) is 50.4 Å². The number of hydrogen-bond acceptors (Lipinski definition) is 5. The van der Waals surface area contributed by atoms with Crippen LogP contribution in [0.2, 0.25) is 0 Å². The van der Waals surface area contributed by atoms with Crippen LogP contribution in [0, 0.1) is 6.92 Å². The molecule has 23 heavy (non-hydrogen) atoms. The molecule has 5 N–H and O–H groups in total. The van der Waals surface area contributed by atoms with Gasteiger partial charge in [-0.3, -0.25) is 4.79 Å². The summed E-state index contributed by atoms with van der Waals surface area (Å²) in [6.45, 7) is 2.46. The summed E-state index contributed by atoms with van der Waals surface area (Å²) >= 11 is 0. The average molecular weight is 311 g/mol. The summed E-state index contributed by atoms with van der Waals surface area (Å²) < 4.78 is 0. The Morgan fingerprint density at radius 3 is 2.78 bits per heavy atom. The number of primary amides is 1. The van der Waals surface area contributed by atoms with E-state index in [0.717, 1.165) is 41.9 Å². The molecule has 0 aliphatic heterocycles. The number of amides is 1. The van der Waals surface area contributed by atoms with Crippen molar-refractivity contribution in [2.24, 2.45) is 11.5 Å². The van der Waals surface area contributed by atoms with Gasteiger partial charge in [0.1, 0.15) is 0 Å². The van der Waals surface area contributed by atoms with Gasteiger partial charge in [-0.1, -0.05) is 12.1 Å². The molecule has 0 radical (unpaired) electrons. The van der Waals surface area contributed by atoms with E-state index in [2.05, 4.69) is 15.3 Å². The van der Waals surface area contributed by atoms with Crippen LogP contribution in [0.5, 0.6) is 0 Å². The molecule has 1 aromatic heterocycles. The number of aryl methyl sites for hydroxylation is 1. The fraction of sp³-hybridized carbons (Fsp3) is 0.353. The molecule has 0 saturated heterocycles. The largest absolute Gasteiger partial charge is 0.364 e. The molecule has 0 bridgehead atoms. The van der Waals surface area contributed by atoms with Crippen LogP contribution in [0.3, 0.4) is 0 Å². The van der Waals surface area contributed by atoms with Crippen molar-refractivity contribution in [2.75, 3.05) is 11.9 Å². The van der Waals surface area contributed by atoms with E-state index in [0.29, 0.717) is 18.3 Å².